The minimum absolute atomic E-state index is 0.163. The number of rotatable bonds is 2. The number of benzene rings is 3. The van der Waals surface area contributed by atoms with Gasteiger partial charge in [0.1, 0.15) is 5.82 Å². The van der Waals surface area contributed by atoms with Gasteiger partial charge < -0.3 is 4.90 Å². The lowest BCUT2D eigenvalue weighted by Crippen LogP contribution is -2.17. The van der Waals surface area contributed by atoms with Gasteiger partial charge in [-0.25, -0.2) is 4.39 Å². The maximum Gasteiger partial charge on any atom is 0.131 e. The van der Waals surface area contributed by atoms with Crippen molar-refractivity contribution >= 4 is 10.8 Å². The molecule has 1 aliphatic rings. The molecule has 1 unspecified atom stereocenters. The van der Waals surface area contributed by atoms with Gasteiger partial charge in [-0.05, 0) is 66.4 Å². The summed E-state index contributed by atoms with van der Waals surface area (Å²) >= 11 is 0. The Morgan fingerprint density at radius 1 is 1.00 bits per heavy atom. The maximum atomic E-state index is 14.1. The molecule has 1 atom stereocenters. The molecule has 0 radical (unpaired) electrons. The number of hydrogen-bond donors (Lipinski definition) is 0. The minimum atomic E-state index is -0.163. The fourth-order valence-corrected chi connectivity index (χ4v) is 4.40. The quantitative estimate of drug-likeness (QED) is 0.464. The van der Waals surface area contributed by atoms with Gasteiger partial charge in [0.05, 0.1) is 5.69 Å². The van der Waals surface area contributed by atoms with Crippen molar-refractivity contribution in [2.75, 3.05) is 13.6 Å². The van der Waals surface area contributed by atoms with Crippen molar-refractivity contribution in [2.24, 2.45) is 0 Å². The second-order valence-corrected chi connectivity index (χ2v) is 7.82. The largest absolute Gasteiger partial charge is 0.302 e. The molecule has 144 valence electrons. The Hall–Kier alpha value is -3.11. The van der Waals surface area contributed by atoms with Gasteiger partial charge in [-0.2, -0.15) is 10.2 Å². The molecule has 0 N–H and O–H groups in total. The van der Waals surface area contributed by atoms with Crippen LogP contribution in [-0.2, 0) is 6.54 Å². The third-order valence-corrected chi connectivity index (χ3v) is 5.88. The van der Waals surface area contributed by atoms with Gasteiger partial charge in [0.2, 0.25) is 0 Å². The fraction of sp³-hybridized carbons (Fsp3) is 0.200. The second kappa shape index (κ2) is 7.37. The summed E-state index contributed by atoms with van der Waals surface area (Å²) in [7, 11) is 2.16. The smallest absolute Gasteiger partial charge is 0.131 e. The Balaban J connectivity index is 1.60. The van der Waals surface area contributed by atoms with Crippen LogP contribution in [0.25, 0.3) is 22.0 Å². The molecule has 3 aromatic carbocycles. The molecule has 0 spiro atoms. The van der Waals surface area contributed by atoms with E-state index in [1.165, 1.54) is 22.8 Å². The van der Waals surface area contributed by atoms with E-state index in [0.29, 0.717) is 11.3 Å². The number of aromatic nitrogens is 2. The Bertz CT molecular complexity index is 1170. The van der Waals surface area contributed by atoms with Crippen molar-refractivity contribution in [1.29, 1.82) is 0 Å². The summed E-state index contributed by atoms with van der Waals surface area (Å²) in [5.41, 5.74) is 5.88. The molecule has 2 heterocycles. The molecular weight excluding hydrogens is 361 g/mol. The maximum absolute atomic E-state index is 14.1. The van der Waals surface area contributed by atoms with E-state index >= 15 is 0 Å². The highest BCUT2D eigenvalue weighted by Gasteiger charge is 2.23. The molecule has 0 bridgehead atoms. The number of nitrogens with zero attached hydrogens (tertiary/aromatic N) is 3. The lowest BCUT2D eigenvalue weighted by molar-refractivity contribution is 0.328. The Morgan fingerprint density at radius 3 is 2.79 bits per heavy atom. The van der Waals surface area contributed by atoms with Gasteiger partial charge >= 0.3 is 0 Å². The SMILES string of the molecule is CN1CCC(c2ccc3c(F)cccc3c2)c2ccc(-c3cccnn3)cc2C1. The van der Waals surface area contributed by atoms with Crippen molar-refractivity contribution in [1.82, 2.24) is 15.1 Å². The van der Waals surface area contributed by atoms with Crippen molar-refractivity contribution in [3.63, 3.8) is 0 Å². The third-order valence-electron chi connectivity index (χ3n) is 5.88. The van der Waals surface area contributed by atoms with Gasteiger partial charge in [0, 0.05) is 29.6 Å². The van der Waals surface area contributed by atoms with E-state index in [-0.39, 0.29) is 5.82 Å². The predicted octanol–water partition coefficient (Wildman–Crippen LogP) is 5.40. The molecule has 4 heteroatoms. The summed E-state index contributed by atoms with van der Waals surface area (Å²) in [6.07, 6.45) is 2.73. The molecule has 0 saturated heterocycles. The van der Waals surface area contributed by atoms with Gasteiger partial charge in [-0.1, -0.05) is 42.5 Å². The topological polar surface area (TPSA) is 29.0 Å². The Labute approximate surface area is 169 Å². The number of halogens is 1. The van der Waals surface area contributed by atoms with Crippen LogP contribution in [0.2, 0.25) is 0 Å². The monoisotopic (exact) mass is 383 g/mol. The first-order chi connectivity index (χ1) is 14.2. The first-order valence-corrected chi connectivity index (χ1v) is 9.97. The fourth-order valence-electron chi connectivity index (χ4n) is 4.40. The first-order valence-electron chi connectivity index (χ1n) is 9.97. The highest BCUT2D eigenvalue weighted by molar-refractivity contribution is 5.84. The van der Waals surface area contributed by atoms with Crippen LogP contribution >= 0.6 is 0 Å². The summed E-state index contributed by atoms with van der Waals surface area (Å²) in [6.45, 7) is 1.92. The normalized spacial score (nSPS) is 17.1. The molecular formula is C25H22FN3. The van der Waals surface area contributed by atoms with Crippen LogP contribution in [0.5, 0.6) is 0 Å². The van der Waals surface area contributed by atoms with Crippen molar-refractivity contribution in [3.8, 4) is 11.3 Å². The van der Waals surface area contributed by atoms with Gasteiger partial charge in [-0.3, -0.25) is 0 Å². The molecule has 1 aliphatic heterocycles. The molecule has 4 aromatic rings. The molecule has 29 heavy (non-hydrogen) atoms. The van der Waals surface area contributed by atoms with E-state index in [1.54, 1.807) is 12.3 Å². The summed E-state index contributed by atoms with van der Waals surface area (Å²) < 4.78 is 14.1. The zero-order chi connectivity index (χ0) is 19.8. The van der Waals surface area contributed by atoms with Crippen LogP contribution in [0.3, 0.4) is 0 Å². The van der Waals surface area contributed by atoms with E-state index in [1.807, 2.05) is 24.3 Å². The van der Waals surface area contributed by atoms with Crippen LogP contribution in [0, 0.1) is 5.82 Å². The predicted molar refractivity (Wildman–Crippen MR) is 114 cm³/mol. The van der Waals surface area contributed by atoms with Crippen LogP contribution in [0.4, 0.5) is 4.39 Å². The van der Waals surface area contributed by atoms with Gasteiger partial charge in [-0.15, -0.1) is 0 Å². The summed E-state index contributed by atoms with van der Waals surface area (Å²) in [6, 6.07) is 22.0. The molecule has 0 saturated carbocycles. The Kier molecular flexibility index (Phi) is 4.57. The minimum Gasteiger partial charge on any atom is -0.302 e. The van der Waals surface area contributed by atoms with Crippen LogP contribution < -0.4 is 0 Å². The standard InChI is InChI=1S/C25H22FN3/c1-29-13-11-22(18-7-10-23-17(14-18)4-2-5-24(23)26)21-9-8-19(15-20(21)16-29)25-6-3-12-27-28-25/h2-10,12,14-15,22H,11,13,16H2,1H3. The van der Waals surface area contributed by atoms with Crippen LogP contribution in [0.1, 0.15) is 29.0 Å². The van der Waals surface area contributed by atoms with Crippen LogP contribution in [-0.4, -0.2) is 28.7 Å². The molecule has 5 rings (SSSR count). The average Bonchev–Trinajstić information content (AvgIpc) is 2.92. The van der Waals surface area contributed by atoms with E-state index in [9.17, 15) is 4.39 Å². The number of hydrogen-bond acceptors (Lipinski definition) is 3. The highest BCUT2D eigenvalue weighted by atomic mass is 19.1. The van der Waals surface area contributed by atoms with Gasteiger partial charge in [0.15, 0.2) is 0 Å². The molecule has 0 amide bonds. The summed E-state index contributed by atoms with van der Waals surface area (Å²) in [5, 5.41) is 9.91. The lowest BCUT2D eigenvalue weighted by atomic mass is 9.85. The average molecular weight is 383 g/mol. The highest BCUT2D eigenvalue weighted by Crippen LogP contribution is 2.36. The third kappa shape index (κ3) is 3.40. The lowest BCUT2D eigenvalue weighted by Gasteiger charge is -2.19. The number of fused-ring (bicyclic) bond motifs is 2. The zero-order valence-corrected chi connectivity index (χ0v) is 16.3. The van der Waals surface area contributed by atoms with E-state index < -0.39 is 0 Å². The first kappa shape index (κ1) is 18.0. The molecule has 3 nitrogen and oxygen atoms in total. The molecule has 0 fully saturated rings. The van der Waals surface area contributed by atoms with Gasteiger partial charge in [0.25, 0.3) is 0 Å². The van der Waals surface area contributed by atoms with Crippen LogP contribution in [0.15, 0.2) is 72.9 Å². The Morgan fingerprint density at radius 2 is 1.93 bits per heavy atom. The molecule has 0 aliphatic carbocycles. The summed E-state index contributed by atoms with van der Waals surface area (Å²) in [5.74, 6) is 0.127. The van der Waals surface area contributed by atoms with Crippen molar-refractivity contribution in [2.45, 2.75) is 18.9 Å². The van der Waals surface area contributed by atoms with E-state index in [2.05, 4.69) is 52.5 Å². The van der Waals surface area contributed by atoms with Crippen molar-refractivity contribution in [3.05, 3.63) is 95.4 Å². The molecule has 1 aromatic heterocycles. The van der Waals surface area contributed by atoms with Crippen molar-refractivity contribution < 1.29 is 4.39 Å². The van der Waals surface area contributed by atoms with E-state index in [0.717, 1.165) is 36.2 Å². The van der Waals surface area contributed by atoms with E-state index in [4.69, 9.17) is 0 Å². The zero-order valence-electron chi connectivity index (χ0n) is 16.3. The second-order valence-electron chi connectivity index (χ2n) is 7.82. The summed E-state index contributed by atoms with van der Waals surface area (Å²) in [4.78, 5) is 2.36.